The van der Waals surface area contributed by atoms with Crippen molar-refractivity contribution in [2.75, 3.05) is 12.4 Å². The molecule has 0 aromatic carbocycles. The fourth-order valence-electron chi connectivity index (χ4n) is 1.99. The van der Waals surface area contributed by atoms with Gasteiger partial charge in [-0.05, 0) is 32.4 Å². The highest BCUT2D eigenvalue weighted by molar-refractivity contribution is 7.80. The lowest BCUT2D eigenvalue weighted by Gasteiger charge is -2.36. The summed E-state index contributed by atoms with van der Waals surface area (Å²) in [6.07, 6.45) is 7.10. The molecule has 2 heteroatoms. The Labute approximate surface area is 87.7 Å². The lowest BCUT2D eigenvalue weighted by atomic mass is 9.76. The predicted molar refractivity (Wildman–Crippen MR) is 60.5 cm³/mol. The zero-order valence-corrected chi connectivity index (χ0v) is 9.78. The molecular formula is C11H22OS. The molecule has 78 valence electrons. The summed E-state index contributed by atoms with van der Waals surface area (Å²) in [6.45, 7) is 5.12. The highest BCUT2D eigenvalue weighted by atomic mass is 32.1. The van der Waals surface area contributed by atoms with Crippen molar-refractivity contribution >= 4 is 12.6 Å². The third-order valence-corrected chi connectivity index (χ3v) is 3.64. The topological polar surface area (TPSA) is 9.23 Å². The number of ether oxygens (including phenoxy) is 1. The quantitative estimate of drug-likeness (QED) is 0.688. The molecule has 0 bridgehead atoms. The number of rotatable bonds is 4. The molecule has 0 atom stereocenters. The van der Waals surface area contributed by atoms with Crippen LogP contribution in [-0.4, -0.2) is 18.5 Å². The summed E-state index contributed by atoms with van der Waals surface area (Å²) >= 11 is 4.47. The van der Waals surface area contributed by atoms with Gasteiger partial charge in [-0.15, -0.1) is 0 Å². The monoisotopic (exact) mass is 202 g/mol. The fraction of sp³-hybridized carbons (Fsp3) is 1.00. The summed E-state index contributed by atoms with van der Waals surface area (Å²) in [5.41, 5.74) is 0.394. The Bertz CT molecular complexity index is 139. The highest BCUT2D eigenvalue weighted by Gasteiger charge is 2.31. The van der Waals surface area contributed by atoms with Crippen LogP contribution >= 0.6 is 12.6 Å². The van der Waals surface area contributed by atoms with E-state index >= 15 is 0 Å². The Kier molecular flexibility index (Phi) is 4.60. The Morgan fingerprint density at radius 3 is 2.31 bits per heavy atom. The van der Waals surface area contributed by atoms with Crippen LogP contribution in [0.25, 0.3) is 0 Å². The van der Waals surface area contributed by atoms with Crippen LogP contribution in [0, 0.1) is 5.41 Å². The third kappa shape index (κ3) is 3.51. The van der Waals surface area contributed by atoms with Gasteiger partial charge in [-0.3, -0.25) is 0 Å². The lowest BCUT2D eigenvalue weighted by Crippen LogP contribution is -2.32. The van der Waals surface area contributed by atoms with E-state index in [2.05, 4.69) is 26.5 Å². The molecule has 0 unspecified atom stereocenters. The van der Waals surface area contributed by atoms with E-state index < -0.39 is 0 Å². The van der Waals surface area contributed by atoms with Crippen LogP contribution in [0.1, 0.15) is 46.0 Å². The molecule has 0 spiro atoms. The molecule has 0 saturated heterocycles. The summed E-state index contributed by atoms with van der Waals surface area (Å²) < 4.78 is 5.73. The zero-order chi connectivity index (χ0) is 9.73. The Morgan fingerprint density at radius 1 is 1.23 bits per heavy atom. The first kappa shape index (κ1) is 11.4. The standard InChI is InChI=1S/C11H22OS/c1-10(2)12-8-11(9-13)6-4-3-5-7-11/h10,13H,3-9H2,1-2H3. The van der Waals surface area contributed by atoms with Gasteiger partial charge in [-0.1, -0.05) is 19.3 Å². The Balaban J connectivity index is 2.38. The Morgan fingerprint density at radius 2 is 1.85 bits per heavy atom. The van der Waals surface area contributed by atoms with Gasteiger partial charge in [0.05, 0.1) is 12.7 Å². The molecule has 0 aliphatic heterocycles. The fourth-order valence-corrected chi connectivity index (χ4v) is 2.40. The van der Waals surface area contributed by atoms with Gasteiger partial charge in [0.25, 0.3) is 0 Å². The molecule has 13 heavy (non-hydrogen) atoms. The molecule has 1 aliphatic carbocycles. The van der Waals surface area contributed by atoms with E-state index in [4.69, 9.17) is 4.74 Å². The summed E-state index contributed by atoms with van der Waals surface area (Å²) in [6, 6.07) is 0. The van der Waals surface area contributed by atoms with Gasteiger partial charge in [0.15, 0.2) is 0 Å². The van der Waals surface area contributed by atoms with Gasteiger partial charge in [0.1, 0.15) is 0 Å². The van der Waals surface area contributed by atoms with Crippen LogP contribution < -0.4 is 0 Å². The molecule has 0 radical (unpaired) electrons. The van der Waals surface area contributed by atoms with Crippen LogP contribution in [0.2, 0.25) is 0 Å². The summed E-state index contributed by atoms with van der Waals surface area (Å²) in [4.78, 5) is 0. The van der Waals surface area contributed by atoms with Gasteiger partial charge >= 0.3 is 0 Å². The van der Waals surface area contributed by atoms with E-state index in [1.165, 1.54) is 32.1 Å². The van der Waals surface area contributed by atoms with Crippen molar-refractivity contribution in [2.45, 2.75) is 52.1 Å². The Hall–Kier alpha value is 0.310. The number of hydrogen-bond acceptors (Lipinski definition) is 2. The van der Waals surface area contributed by atoms with Crippen molar-refractivity contribution in [2.24, 2.45) is 5.41 Å². The van der Waals surface area contributed by atoms with Gasteiger partial charge in [-0.25, -0.2) is 0 Å². The minimum atomic E-state index is 0.360. The van der Waals surface area contributed by atoms with E-state index in [9.17, 15) is 0 Å². The van der Waals surface area contributed by atoms with E-state index in [1.54, 1.807) is 0 Å². The first-order valence-corrected chi connectivity index (χ1v) is 6.04. The third-order valence-electron chi connectivity index (χ3n) is 2.97. The van der Waals surface area contributed by atoms with Crippen LogP contribution in [0.15, 0.2) is 0 Å². The summed E-state index contributed by atoms with van der Waals surface area (Å²) in [5, 5.41) is 0. The van der Waals surface area contributed by atoms with Crippen molar-refractivity contribution in [3.05, 3.63) is 0 Å². The summed E-state index contributed by atoms with van der Waals surface area (Å²) in [7, 11) is 0. The first-order chi connectivity index (χ1) is 6.18. The molecule has 0 aromatic heterocycles. The molecule has 0 N–H and O–H groups in total. The minimum absolute atomic E-state index is 0.360. The predicted octanol–water partition coefficient (Wildman–Crippen LogP) is 3.29. The molecule has 1 nitrogen and oxygen atoms in total. The number of thiol groups is 1. The molecule has 1 rings (SSSR count). The SMILES string of the molecule is CC(C)OCC1(CS)CCCCC1. The second kappa shape index (κ2) is 5.26. The van der Waals surface area contributed by atoms with E-state index in [1.807, 2.05) is 0 Å². The van der Waals surface area contributed by atoms with Gasteiger partial charge in [0, 0.05) is 5.41 Å². The molecule has 1 fully saturated rings. The molecule has 0 heterocycles. The molecule has 1 saturated carbocycles. The van der Waals surface area contributed by atoms with Crippen molar-refractivity contribution < 1.29 is 4.74 Å². The maximum Gasteiger partial charge on any atom is 0.0533 e. The average Bonchev–Trinajstić information content (AvgIpc) is 2.16. The maximum absolute atomic E-state index is 5.73. The van der Waals surface area contributed by atoms with Crippen LogP contribution in [0.3, 0.4) is 0 Å². The second-order valence-corrected chi connectivity index (χ2v) is 4.89. The van der Waals surface area contributed by atoms with Crippen molar-refractivity contribution in [3.63, 3.8) is 0 Å². The molecule has 0 amide bonds. The maximum atomic E-state index is 5.73. The van der Waals surface area contributed by atoms with Gasteiger partial charge in [0.2, 0.25) is 0 Å². The lowest BCUT2D eigenvalue weighted by molar-refractivity contribution is 0.000739. The first-order valence-electron chi connectivity index (χ1n) is 5.41. The van der Waals surface area contributed by atoms with E-state index in [-0.39, 0.29) is 0 Å². The second-order valence-electron chi connectivity index (χ2n) is 4.58. The average molecular weight is 202 g/mol. The smallest absolute Gasteiger partial charge is 0.0533 e. The molecular weight excluding hydrogens is 180 g/mol. The van der Waals surface area contributed by atoms with Gasteiger partial charge in [-0.2, -0.15) is 12.6 Å². The van der Waals surface area contributed by atoms with Crippen molar-refractivity contribution in [1.29, 1.82) is 0 Å². The zero-order valence-electron chi connectivity index (χ0n) is 8.88. The van der Waals surface area contributed by atoms with Crippen LogP contribution in [0.4, 0.5) is 0 Å². The highest BCUT2D eigenvalue weighted by Crippen LogP contribution is 2.37. The normalized spacial score (nSPS) is 22.2. The summed E-state index contributed by atoms with van der Waals surface area (Å²) in [5.74, 6) is 0.986. The van der Waals surface area contributed by atoms with E-state index in [0.717, 1.165) is 12.4 Å². The molecule has 0 aromatic rings. The molecule has 1 aliphatic rings. The largest absolute Gasteiger partial charge is 0.378 e. The van der Waals surface area contributed by atoms with Gasteiger partial charge < -0.3 is 4.74 Å². The van der Waals surface area contributed by atoms with Crippen molar-refractivity contribution in [3.8, 4) is 0 Å². The number of hydrogen-bond donors (Lipinski definition) is 1. The van der Waals surface area contributed by atoms with Crippen LogP contribution in [0.5, 0.6) is 0 Å². The minimum Gasteiger partial charge on any atom is -0.378 e. The van der Waals surface area contributed by atoms with Crippen molar-refractivity contribution in [1.82, 2.24) is 0 Å². The van der Waals surface area contributed by atoms with E-state index in [0.29, 0.717) is 11.5 Å². The van der Waals surface area contributed by atoms with Crippen LogP contribution in [-0.2, 0) is 4.74 Å².